The van der Waals surface area contributed by atoms with E-state index in [1.807, 2.05) is 12.1 Å². The first kappa shape index (κ1) is 10.7. The van der Waals surface area contributed by atoms with Gasteiger partial charge in [-0.1, -0.05) is 0 Å². The van der Waals surface area contributed by atoms with Gasteiger partial charge < -0.3 is 9.84 Å². The van der Waals surface area contributed by atoms with Gasteiger partial charge in [-0.25, -0.2) is 4.79 Å². The van der Waals surface area contributed by atoms with Crippen LogP contribution < -0.4 is 4.74 Å². The third-order valence-corrected chi connectivity index (χ3v) is 2.85. The van der Waals surface area contributed by atoms with E-state index in [-0.39, 0.29) is 0 Å². The van der Waals surface area contributed by atoms with E-state index in [0.717, 1.165) is 30.2 Å². The van der Waals surface area contributed by atoms with E-state index in [1.54, 1.807) is 13.2 Å². The molecule has 0 unspecified atom stereocenters. The molecule has 0 heterocycles. The van der Waals surface area contributed by atoms with E-state index in [1.165, 1.54) is 17.5 Å². The highest BCUT2D eigenvalue weighted by Crippen LogP contribution is 2.30. The Morgan fingerprint density at radius 1 is 1.38 bits per heavy atom. The summed E-state index contributed by atoms with van der Waals surface area (Å²) in [5.41, 5.74) is 3.47. The molecule has 0 spiro atoms. The van der Waals surface area contributed by atoms with E-state index >= 15 is 0 Å². The number of aliphatic carboxylic acids is 1. The number of hydrogen-bond donors (Lipinski definition) is 1. The molecule has 0 saturated heterocycles. The molecule has 1 N–H and O–H groups in total. The van der Waals surface area contributed by atoms with Crippen molar-refractivity contribution in [3.8, 4) is 5.75 Å². The van der Waals surface area contributed by atoms with Crippen molar-refractivity contribution >= 4 is 12.0 Å². The summed E-state index contributed by atoms with van der Waals surface area (Å²) in [5, 5.41) is 8.60. The van der Waals surface area contributed by atoms with Crippen LogP contribution in [0.3, 0.4) is 0 Å². The quantitative estimate of drug-likeness (QED) is 0.792. The van der Waals surface area contributed by atoms with Crippen LogP contribution in [0.5, 0.6) is 5.75 Å². The summed E-state index contributed by atoms with van der Waals surface area (Å²) in [4.78, 5) is 10.5. The second-order valence-corrected chi connectivity index (χ2v) is 3.89. The number of ether oxygens (including phenoxy) is 1. The zero-order valence-electron chi connectivity index (χ0n) is 9.19. The van der Waals surface area contributed by atoms with E-state index in [0.29, 0.717) is 0 Å². The molecular formula is C13H14O3. The number of fused-ring (bicyclic) bond motifs is 1. The Kier molecular flexibility index (Phi) is 2.95. The molecule has 0 saturated carbocycles. The van der Waals surface area contributed by atoms with Crippen molar-refractivity contribution in [3.05, 3.63) is 34.9 Å². The van der Waals surface area contributed by atoms with E-state index < -0.39 is 5.97 Å². The zero-order chi connectivity index (χ0) is 11.5. The number of rotatable bonds is 3. The van der Waals surface area contributed by atoms with Gasteiger partial charge >= 0.3 is 5.97 Å². The van der Waals surface area contributed by atoms with Crippen molar-refractivity contribution in [2.45, 2.75) is 19.3 Å². The van der Waals surface area contributed by atoms with Gasteiger partial charge in [0.25, 0.3) is 0 Å². The third-order valence-electron chi connectivity index (χ3n) is 2.85. The Morgan fingerprint density at radius 3 is 2.69 bits per heavy atom. The monoisotopic (exact) mass is 218 g/mol. The SMILES string of the molecule is COc1cc2c(cc1C=CC(=O)O)CCC2. The molecule has 2 rings (SSSR count). The highest BCUT2D eigenvalue weighted by atomic mass is 16.5. The van der Waals surface area contributed by atoms with Crippen LogP contribution in [0.4, 0.5) is 0 Å². The molecule has 16 heavy (non-hydrogen) atoms. The van der Waals surface area contributed by atoms with Crippen LogP contribution in [-0.2, 0) is 17.6 Å². The van der Waals surface area contributed by atoms with Gasteiger partial charge in [-0.15, -0.1) is 0 Å². The Hall–Kier alpha value is -1.77. The van der Waals surface area contributed by atoms with Gasteiger partial charge in [-0.2, -0.15) is 0 Å². The predicted octanol–water partition coefficient (Wildman–Crippen LogP) is 2.28. The lowest BCUT2D eigenvalue weighted by Crippen LogP contribution is -1.92. The summed E-state index contributed by atoms with van der Waals surface area (Å²) in [5.74, 6) is -0.194. The van der Waals surface area contributed by atoms with E-state index in [2.05, 4.69) is 0 Å². The van der Waals surface area contributed by atoms with Crippen LogP contribution in [0, 0.1) is 0 Å². The van der Waals surface area contributed by atoms with Crippen LogP contribution >= 0.6 is 0 Å². The Bertz CT molecular complexity index is 447. The molecule has 0 amide bonds. The van der Waals surface area contributed by atoms with Crippen molar-refractivity contribution in [1.82, 2.24) is 0 Å². The van der Waals surface area contributed by atoms with Crippen molar-refractivity contribution in [2.75, 3.05) is 7.11 Å². The highest BCUT2D eigenvalue weighted by Gasteiger charge is 2.13. The molecule has 1 aromatic carbocycles. The molecule has 3 heteroatoms. The molecule has 84 valence electrons. The number of aryl methyl sites for hydroxylation is 2. The number of carbonyl (C=O) groups is 1. The van der Waals surface area contributed by atoms with Crippen molar-refractivity contribution in [2.24, 2.45) is 0 Å². The summed E-state index contributed by atoms with van der Waals surface area (Å²) in [6, 6.07) is 4.05. The van der Waals surface area contributed by atoms with Gasteiger partial charge in [0.2, 0.25) is 0 Å². The maximum atomic E-state index is 10.5. The number of carboxylic acids is 1. The number of hydrogen-bond acceptors (Lipinski definition) is 2. The minimum absolute atomic E-state index is 0.748. The Labute approximate surface area is 94.4 Å². The molecule has 1 aliphatic rings. The first-order valence-electron chi connectivity index (χ1n) is 5.31. The topological polar surface area (TPSA) is 46.5 Å². The fourth-order valence-electron chi connectivity index (χ4n) is 2.09. The van der Waals surface area contributed by atoms with Crippen LogP contribution in [0.15, 0.2) is 18.2 Å². The molecule has 0 fully saturated rings. The standard InChI is InChI=1S/C13H14O3/c1-16-12-8-10-4-2-3-9(10)7-11(12)5-6-13(14)15/h5-8H,2-4H2,1H3,(H,14,15). The van der Waals surface area contributed by atoms with Gasteiger partial charge in [-0.3, -0.25) is 0 Å². The molecule has 0 radical (unpaired) electrons. The summed E-state index contributed by atoms with van der Waals surface area (Å²) < 4.78 is 5.26. The van der Waals surface area contributed by atoms with Gasteiger partial charge in [-0.05, 0) is 48.6 Å². The third kappa shape index (κ3) is 2.08. The van der Waals surface area contributed by atoms with E-state index in [9.17, 15) is 4.79 Å². The summed E-state index contributed by atoms with van der Waals surface area (Å²) in [6.45, 7) is 0. The maximum absolute atomic E-state index is 10.5. The minimum atomic E-state index is -0.942. The second-order valence-electron chi connectivity index (χ2n) is 3.89. The number of benzene rings is 1. The second kappa shape index (κ2) is 4.39. The number of methoxy groups -OCH3 is 1. The molecule has 0 aliphatic heterocycles. The molecule has 0 atom stereocenters. The summed E-state index contributed by atoms with van der Waals surface area (Å²) >= 11 is 0. The molecule has 1 aliphatic carbocycles. The smallest absolute Gasteiger partial charge is 0.328 e. The Morgan fingerprint density at radius 2 is 2.06 bits per heavy atom. The summed E-state index contributed by atoms with van der Waals surface area (Å²) in [7, 11) is 1.61. The minimum Gasteiger partial charge on any atom is -0.496 e. The highest BCUT2D eigenvalue weighted by molar-refractivity contribution is 5.86. The van der Waals surface area contributed by atoms with Crippen LogP contribution in [0.1, 0.15) is 23.1 Å². The van der Waals surface area contributed by atoms with Gasteiger partial charge in [0.05, 0.1) is 7.11 Å². The Balaban J connectivity index is 2.39. The van der Waals surface area contributed by atoms with Crippen molar-refractivity contribution in [1.29, 1.82) is 0 Å². The summed E-state index contributed by atoms with van der Waals surface area (Å²) in [6.07, 6.45) is 6.06. The van der Waals surface area contributed by atoms with Crippen molar-refractivity contribution in [3.63, 3.8) is 0 Å². The van der Waals surface area contributed by atoms with Gasteiger partial charge in [0, 0.05) is 11.6 Å². The lowest BCUT2D eigenvalue weighted by atomic mass is 10.0. The predicted molar refractivity (Wildman–Crippen MR) is 61.7 cm³/mol. The van der Waals surface area contributed by atoms with E-state index in [4.69, 9.17) is 9.84 Å². The molecule has 1 aromatic rings. The normalized spacial score (nSPS) is 14.1. The molecule has 0 aromatic heterocycles. The molecule has 0 bridgehead atoms. The average molecular weight is 218 g/mol. The van der Waals surface area contributed by atoms with Crippen LogP contribution in [-0.4, -0.2) is 18.2 Å². The number of carboxylic acid groups (broad SMARTS) is 1. The van der Waals surface area contributed by atoms with Crippen molar-refractivity contribution < 1.29 is 14.6 Å². The average Bonchev–Trinajstić information content (AvgIpc) is 2.71. The molecular weight excluding hydrogens is 204 g/mol. The first-order valence-corrected chi connectivity index (χ1v) is 5.31. The van der Waals surface area contributed by atoms with Crippen LogP contribution in [0.25, 0.3) is 6.08 Å². The van der Waals surface area contributed by atoms with Crippen LogP contribution in [0.2, 0.25) is 0 Å². The van der Waals surface area contributed by atoms with Gasteiger partial charge in [0.1, 0.15) is 5.75 Å². The maximum Gasteiger partial charge on any atom is 0.328 e. The lowest BCUT2D eigenvalue weighted by molar-refractivity contribution is -0.131. The zero-order valence-corrected chi connectivity index (χ0v) is 9.19. The fourth-order valence-corrected chi connectivity index (χ4v) is 2.09. The molecule has 3 nitrogen and oxygen atoms in total. The largest absolute Gasteiger partial charge is 0.496 e. The van der Waals surface area contributed by atoms with Gasteiger partial charge in [0.15, 0.2) is 0 Å². The first-order chi connectivity index (χ1) is 7.70. The fraction of sp³-hybridized carbons (Fsp3) is 0.308. The lowest BCUT2D eigenvalue weighted by Gasteiger charge is -2.08.